The number of rotatable bonds is 5. The van der Waals surface area contributed by atoms with Gasteiger partial charge in [-0.3, -0.25) is 4.79 Å². The number of anilines is 1. The Morgan fingerprint density at radius 1 is 1.04 bits per heavy atom. The highest BCUT2D eigenvalue weighted by molar-refractivity contribution is 7.90. The molecule has 23 heavy (non-hydrogen) atoms. The van der Waals surface area contributed by atoms with Crippen molar-refractivity contribution in [2.75, 3.05) is 25.8 Å². The third-order valence-electron chi connectivity index (χ3n) is 3.17. The van der Waals surface area contributed by atoms with Crippen molar-refractivity contribution in [3.05, 3.63) is 48.0 Å². The number of ether oxygens (including phenoxy) is 2. The van der Waals surface area contributed by atoms with E-state index in [1.165, 1.54) is 26.4 Å². The van der Waals surface area contributed by atoms with Gasteiger partial charge in [0.05, 0.1) is 24.7 Å². The van der Waals surface area contributed by atoms with Gasteiger partial charge in [-0.05, 0) is 36.4 Å². The predicted molar refractivity (Wildman–Crippen MR) is 87.1 cm³/mol. The van der Waals surface area contributed by atoms with Gasteiger partial charge in [-0.2, -0.15) is 0 Å². The van der Waals surface area contributed by atoms with E-state index in [-0.39, 0.29) is 10.5 Å². The minimum atomic E-state index is -3.35. The first-order valence-corrected chi connectivity index (χ1v) is 8.58. The molecule has 7 heteroatoms. The average Bonchev–Trinajstić information content (AvgIpc) is 2.53. The molecule has 1 amide bonds. The number of carbonyl (C=O) groups is 1. The first kappa shape index (κ1) is 16.8. The lowest BCUT2D eigenvalue weighted by atomic mass is 10.1. The van der Waals surface area contributed by atoms with Crippen LogP contribution in [-0.4, -0.2) is 34.8 Å². The molecule has 0 aliphatic heterocycles. The molecule has 0 fully saturated rings. The Kier molecular flexibility index (Phi) is 4.90. The summed E-state index contributed by atoms with van der Waals surface area (Å²) >= 11 is 0. The van der Waals surface area contributed by atoms with Crippen molar-refractivity contribution >= 4 is 21.4 Å². The highest BCUT2D eigenvalue weighted by Gasteiger charge is 2.15. The van der Waals surface area contributed by atoms with Crippen molar-refractivity contribution in [3.8, 4) is 11.5 Å². The largest absolute Gasteiger partial charge is 0.497 e. The number of carbonyl (C=O) groups excluding carboxylic acids is 1. The molecule has 0 aliphatic rings. The van der Waals surface area contributed by atoms with Crippen LogP contribution < -0.4 is 14.8 Å². The topological polar surface area (TPSA) is 81.7 Å². The quantitative estimate of drug-likeness (QED) is 0.907. The summed E-state index contributed by atoms with van der Waals surface area (Å²) in [5.74, 6) is 0.481. The molecule has 6 nitrogen and oxygen atoms in total. The number of nitrogens with one attached hydrogen (secondary N) is 1. The van der Waals surface area contributed by atoms with Crippen molar-refractivity contribution in [1.29, 1.82) is 0 Å². The number of methoxy groups -OCH3 is 2. The van der Waals surface area contributed by atoms with Gasteiger partial charge in [0.2, 0.25) is 0 Å². The molecule has 0 heterocycles. The second-order valence-corrected chi connectivity index (χ2v) is 6.84. The van der Waals surface area contributed by atoms with Crippen LogP contribution in [0.1, 0.15) is 10.4 Å². The van der Waals surface area contributed by atoms with Crippen molar-refractivity contribution in [2.45, 2.75) is 4.90 Å². The molecule has 2 aromatic carbocycles. The zero-order chi connectivity index (χ0) is 17.0. The molecule has 0 saturated carbocycles. The third kappa shape index (κ3) is 4.01. The number of benzene rings is 2. The highest BCUT2D eigenvalue weighted by Crippen LogP contribution is 2.25. The molecule has 2 rings (SSSR count). The summed E-state index contributed by atoms with van der Waals surface area (Å²) < 4.78 is 33.4. The van der Waals surface area contributed by atoms with Crippen molar-refractivity contribution in [3.63, 3.8) is 0 Å². The first-order valence-electron chi connectivity index (χ1n) is 6.68. The van der Waals surface area contributed by atoms with Crippen LogP contribution >= 0.6 is 0 Å². The van der Waals surface area contributed by atoms with Gasteiger partial charge in [-0.25, -0.2) is 8.42 Å². The van der Waals surface area contributed by atoms with Crippen molar-refractivity contribution in [1.82, 2.24) is 0 Å². The smallest absolute Gasteiger partial charge is 0.259 e. The SMILES string of the molecule is COc1ccc(OC)c(C(=O)Nc2cccc(S(C)(=O)=O)c2)c1. The summed E-state index contributed by atoms with van der Waals surface area (Å²) in [6.45, 7) is 0. The molecule has 0 unspecified atom stereocenters. The molecule has 1 N–H and O–H groups in total. The maximum Gasteiger partial charge on any atom is 0.259 e. The van der Waals surface area contributed by atoms with E-state index in [1.807, 2.05) is 0 Å². The zero-order valence-electron chi connectivity index (χ0n) is 13.0. The predicted octanol–water partition coefficient (Wildman–Crippen LogP) is 2.36. The molecule has 0 radical (unpaired) electrons. The zero-order valence-corrected chi connectivity index (χ0v) is 13.8. The fourth-order valence-corrected chi connectivity index (χ4v) is 2.66. The number of hydrogen-bond acceptors (Lipinski definition) is 5. The van der Waals surface area contributed by atoms with Crippen molar-refractivity contribution < 1.29 is 22.7 Å². The maximum atomic E-state index is 12.4. The van der Waals surface area contributed by atoms with Crippen LogP contribution in [0.15, 0.2) is 47.4 Å². The van der Waals surface area contributed by atoms with Crippen LogP contribution in [0.2, 0.25) is 0 Å². The lowest BCUT2D eigenvalue weighted by Gasteiger charge is -2.11. The minimum Gasteiger partial charge on any atom is -0.497 e. The van der Waals surface area contributed by atoms with Gasteiger partial charge in [-0.15, -0.1) is 0 Å². The van der Waals surface area contributed by atoms with Crippen LogP contribution in [0.25, 0.3) is 0 Å². The van der Waals surface area contributed by atoms with Gasteiger partial charge in [0.15, 0.2) is 9.84 Å². The molecule has 2 aromatic rings. The van der Waals surface area contributed by atoms with Crippen molar-refractivity contribution in [2.24, 2.45) is 0 Å². The summed E-state index contributed by atoms with van der Waals surface area (Å²) in [7, 11) is -0.385. The van der Waals surface area contributed by atoms with E-state index >= 15 is 0 Å². The first-order chi connectivity index (χ1) is 10.8. The average molecular weight is 335 g/mol. The summed E-state index contributed by atoms with van der Waals surface area (Å²) in [4.78, 5) is 12.6. The molecular formula is C16H17NO5S. The van der Waals surface area contributed by atoms with Gasteiger partial charge in [0.1, 0.15) is 11.5 Å². The van der Waals surface area contributed by atoms with Gasteiger partial charge >= 0.3 is 0 Å². The van der Waals surface area contributed by atoms with E-state index in [0.29, 0.717) is 17.2 Å². The van der Waals surface area contributed by atoms with E-state index < -0.39 is 15.7 Å². The highest BCUT2D eigenvalue weighted by atomic mass is 32.2. The number of hydrogen-bond donors (Lipinski definition) is 1. The van der Waals surface area contributed by atoms with Gasteiger partial charge < -0.3 is 14.8 Å². The molecular weight excluding hydrogens is 318 g/mol. The molecule has 0 spiro atoms. The maximum absolute atomic E-state index is 12.4. The second kappa shape index (κ2) is 6.70. The summed E-state index contributed by atoms with van der Waals surface area (Å²) in [6, 6.07) is 10.9. The third-order valence-corrected chi connectivity index (χ3v) is 4.28. The number of amides is 1. The monoisotopic (exact) mass is 335 g/mol. The Labute approximate surface area is 135 Å². The van der Waals surface area contributed by atoms with E-state index in [2.05, 4.69) is 5.32 Å². The minimum absolute atomic E-state index is 0.132. The molecule has 122 valence electrons. The second-order valence-electron chi connectivity index (χ2n) is 4.82. The van der Waals surface area contributed by atoms with Gasteiger partial charge in [0, 0.05) is 11.9 Å². The van der Waals surface area contributed by atoms with E-state index in [9.17, 15) is 13.2 Å². The van der Waals surface area contributed by atoms with Crippen LogP contribution in [0.4, 0.5) is 5.69 Å². The summed E-state index contributed by atoms with van der Waals surface area (Å²) in [6.07, 6.45) is 1.11. The van der Waals surface area contributed by atoms with E-state index in [0.717, 1.165) is 6.26 Å². The summed E-state index contributed by atoms with van der Waals surface area (Å²) in [5, 5.41) is 2.66. The molecule has 0 bridgehead atoms. The molecule has 0 atom stereocenters. The van der Waals surface area contributed by atoms with Crippen LogP contribution in [0.3, 0.4) is 0 Å². The van der Waals surface area contributed by atoms with Gasteiger partial charge in [-0.1, -0.05) is 6.07 Å². The van der Waals surface area contributed by atoms with E-state index in [4.69, 9.17) is 9.47 Å². The lowest BCUT2D eigenvalue weighted by molar-refractivity contribution is 0.102. The summed E-state index contributed by atoms with van der Waals surface area (Å²) in [5.41, 5.74) is 0.666. The standard InChI is InChI=1S/C16H17NO5S/c1-21-12-7-8-15(22-2)14(10-12)16(18)17-11-5-4-6-13(9-11)23(3,19)20/h4-10H,1-3H3,(H,17,18). The Morgan fingerprint density at radius 3 is 2.39 bits per heavy atom. The normalized spacial score (nSPS) is 10.9. The number of sulfone groups is 1. The van der Waals surface area contributed by atoms with E-state index in [1.54, 1.807) is 30.3 Å². The molecule has 0 saturated heterocycles. The molecule has 0 aliphatic carbocycles. The van der Waals surface area contributed by atoms with Crippen LogP contribution in [0.5, 0.6) is 11.5 Å². The Bertz CT molecular complexity index is 830. The Hall–Kier alpha value is -2.54. The molecule has 0 aromatic heterocycles. The van der Waals surface area contributed by atoms with Gasteiger partial charge in [0.25, 0.3) is 5.91 Å². The fourth-order valence-electron chi connectivity index (χ4n) is 1.99. The van der Waals surface area contributed by atoms with Crippen LogP contribution in [0, 0.1) is 0 Å². The Balaban J connectivity index is 2.33. The fraction of sp³-hybridized carbons (Fsp3) is 0.188. The lowest BCUT2D eigenvalue weighted by Crippen LogP contribution is -2.13. The Morgan fingerprint density at radius 2 is 1.78 bits per heavy atom. The van der Waals surface area contributed by atoms with Crippen LogP contribution in [-0.2, 0) is 9.84 Å².